The van der Waals surface area contributed by atoms with Gasteiger partial charge in [0.2, 0.25) is 5.91 Å². The summed E-state index contributed by atoms with van der Waals surface area (Å²) in [7, 11) is 1.35. The number of hydrazine groups is 1. The summed E-state index contributed by atoms with van der Waals surface area (Å²) in [5.74, 6) is -0.586. The van der Waals surface area contributed by atoms with Gasteiger partial charge in [-0.2, -0.15) is 0 Å². The van der Waals surface area contributed by atoms with Crippen LogP contribution in [0.3, 0.4) is 0 Å². The number of carbonyl (C=O) groups is 2. The number of hydrogen-bond donors (Lipinski definition) is 3. The molecule has 0 spiro atoms. The zero-order chi connectivity index (χ0) is 19.7. The van der Waals surface area contributed by atoms with Crippen LogP contribution >= 0.6 is 22.9 Å². The maximum Gasteiger partial charge on any atom is 0.315 e. The Bertz CT molecular complexity index is 854. The van der Waals surface area contributed by atoms with E-state index in [0.29, 0.717) is 11.6 Å². The Hall–Kier alpha value is -1.93. The molecular formula is C19H22ClN3O3S. The summed E-state index contributed by atoms with van der Waals surface area (Å²) in [6.07, 6.45) is 0.0462. The van der Waals surface area contributed by atoms with Gasteiger partial charge >= 0.3 is 5.97 Å². The molecule has 1 aromatic carbocycles. The first-order valence-corrected chi connectivity index (χ1v) is 9.76. The van der Waals surface area contributed by atoms with Crippen LogP contribution in [0.2, 0.25) is 5.02 Å². The van der Waals surface area contributed by atoms with Crippen molar-refractivity contribution in [3.8, 4) is 0 Å². The zero-order valence-corrected chi connectivity index (χ0v) is 17.0. The van der Waals surface area contributed by atoms with Crippen molar-refractivity contribution in [1.29, 1.82) is 0 Å². The maximum absolute atomic E-state index is 12.9. The number of anilines is 1. The molecule has 2 atom stereocenters. The Morgan fingerprint density at radius 2 is 2.00 bits per heavy atom. The molecule has 6 nitrogen and oxygen atoms in total. The number of ether oxygens (including phenoxy) is 1. The van der Waals surface area contributed by atoms with E-state index in [1.165, 1.54) is 18.4 Å². The first-order valence-electron chi connectivity index (χ1n) is 8.51. The van der Waals surface area contributed by atoms with Crippen molar-refractivity contribution in [3.63, 3.8) is 0 Å². The Morgan fingerprint density at radius 3 is 2.59 bits per heavy atom. The molecule has 2 unspecified atom stereocenters. The van der Waals surface area contributed by atoms with E-state index < -0.39 is 16.9 Å². The highest BCUT2D eigenvalue weighted by atomic mass is 35.5. The summed E-state index contributed by atoms with van der Waals surface area (Å²) in [4.78, 5) is 25.6. The van der Waals surface area contributed by atoms with Crippen LogP contribution in [0.15, 0.2) is 35.7 Å². The van der Waals surface area contributed by atoms with Crippen molar-refractivity contribution >= 4 is 39.8 Å². The molecule has 1 amide bonds. The lowest BCUT2D eigenvalue weighted by molar-refractivity contribution is -0.155. The number of amides is 1. The van der Waals surface area contributed by atoms with Gasteiger partial charge in [0.15, 0.2) is 0 Å². The Balaban J connectivity index is 2.00. The molecule has 0 saturated carbocycles. The number of halogens is 1. The van der Waals surface area contributed by atoms with E-state index in [1.807, 2.05) is 30.5 Å². The van der Waals surface area contributed by atoms with Crippen LogP contribution < -0.4 is 16.2 Å². The van der Waals surface area contributed by atoms with E-state index in [4.69, 9.17) is 16.3 Å². The van der Waals surface area contributed by atoms with Crippen molar-refractivity contribution in [2.45, 2.75) is 25.8 Å². The lowest BCUT2D eigenvalue weighted by Gasteiger charge is -2.40. The highest BCUT2D eigenvalue weighted by Gasteiger charge is 2.59. The van der Waals surface area contributed by atoms with E-state index in [9.17, 15) is 9.59 Å². The van der Waals surface area contributed by atoms with Crippen molar-refractivity contribution in [3.05, 3.63) is 51.9 Å². The highest BCUT2D eigenvalue weighted by molar-refractivity contribution is 7.14. The lowest BCUT2D eigenvalue weighted by Crippen LogP contribution is -2.55. The number of aryl methyl sites for hydroxylation is 1. The van der Waals surface area contributed by atoms with Crippen LogP contribution in [0.5, 0.6) is 0 Å². The molecule has 3 N–H and O–H groups in total. The summed E-state index contributed by atoms with van der Waals surface area (Å²) < 4.78 is 5.07. The van der Waals surface area contributed by atoms with Crippen LogP contribution in [0, 0.1) is 12.3 Å². The zero-order valence-electron chi connectivity index (χ0n) is 15.4. The number of benzene rings is 1. The predicted molar refractivity (Wildman–Crippen MR) is 107 cm³/mol. The third-order valence-corrected chi connectivity index (χ3v) is 6.38. The smallest absolute Gasteiger partial charge is 0.315 e. The Kier molecular flexibility index (Phi) is 5.58. The molecule has 144 valence electrons. The van der Waals surface area contributed by atoms with Crippen LogP contribution in [0.25, 0.3) is 0 Å². The number of thiophene rings is 1. The fraction of sp³-hybridized carbons (Fsp3) is 0.368. The minimum Gasteiger partial charge on any atom is -0.468 e. The van der Waals surface area contributed by atoms with Gasteiger partial charge in [-0.1, -0.05) is 23.7 Å². The van der Waals surface area contributed by atoms with E-state index >= 15 is 0 Å². The number of rotatable bonds is 5. The van der Waals surface area contributed by atoms with E-state index in [1.54, 1.807) is 19.1 Å². The summed E-state index contributed by atoms with van der Waals surface area (Å²) in [5, 5.41) is 6.26. The molecule has 2 aromatic rings. The number of esters is 1. The van der Waals surface area contributed by atoms with Gasteiger partial charge in [0.25, 0.3) is 0 Å². The molecule has 27 heavy (non-hydrogen) atoms. The second-order valence-corrected chi connectivity index (χ2v) is 8.22. The Morgan fingerprint density at radius 1 is 1.30 bits per heavy atom. The normalized spacial score (nSPS) is 24.6. The number of carbonyl (C=O) groups excluding carboxylic acids is 2. The topological polar surface area (TPSA) is 79.5 Å². The predicted octanol–water partition coefficient (Wildman–Crippen LogP) is 3.22. The van der Waals surface area contributed by atoms with E-state index in [2.05, 4.69) is 16.2 Å². The maximum atomic E-state index is 12.9. The van der Waals surface area contributed by atoms with Crippen molar-refractivity contribution < 1.29 is 14.3 Å². The molecule has 1 saturated heterocycles. The molecule has 1 aliphatic rings. The monoisotopic (exact) mass is 407 g/mol. The standard InChI is InChI=1S/C19H22ClN3O3S/c1-12-8-9-27-16(12)22-15(24)10-19(13-4-6-14(20)7-5-13)18(2,11-21-23-19)17(25)26-3/h4-9,21,23H,10-11H2,1-3H3,(H,22,24). The number of methoxy groups -OCH3 is 1. The quantitative estimate of drug-likeness (QED) is 0.663. The fourth-order valence-electron chi connectivity index (χ4n) is 3.51. The molecule has 3 rings (SSSR count). The highest BCUT2D eigenvalue weighted by Crippen LogP contribution is 2.46. The lowest BCUT2D eigenvalue weighted by atomic mass is 9.66. The average Bonchev–Trinajstić information content (AvgIpc) is 3.19. The second-order valence-electron chi connectivity index (χ2n) is 6.87. The average molecular weight is 408 g/mol. The summed E-state index contributed by atoms with van der Waals surface area (Å²) in [6.45, 7) is 4.06. The van der Waals surface area contributed by atoms with Gasteiger partial charge in [-0.15, -0.1) is 11.3 Å². The van der Waals surface area contributed by atoms with Gasteiger partial charge in [-0.05, 0) is 48.6 Å². The summed E-state index contributed by atoms with van der Waals surface area (Å²) in [6, 6.07) is 9.10. The molecule has 1 aromatic heterocycles. The first kappa shape index (κ1) is 19.8. The van der Waals surface area contributed by atoms with Crippen LogP contribution in [0.4, 0.5) is 5.00 Å². The fourth-order valence-corrected chi connectivity index (χ4v) is 4.47. The SMILES string of the molecule is COC(=O)C1(C)CNNC1(CC(=O)Nc1sccc1C)c1ccc(Cl)cc1. The molecule has 1 aliphatic heterocycles. The van der Waals surface area contributed by atoms with Crippen LogP contribution in [-0.4, -0.2) is 25.5 Å². The van der Waals surface area contributed by atoms with Crippen LogP contribution in [-0.2, 0) is 19.9 Å². The second kappa shape index (κ2) is 7.59. The molecule has 0 bridgehead atoms. The van der Waals surface area contributed by atoms with Crippen molar-refractivity contribution in [2.24, 2.45) is 5.41 Å². The minimum atomic E-state index is -0.989. The number of nitrogens with one attached hydrogen (secondary N) is 3. The molecule has 1 fully saturated rings. The largest absolute Gasteiger partial charge is 0.468 e. The van der Waals surface area contributed by atoms with Gasteiger partial charge < -0.3 is 10.1 Å². The van der Waals surface area contributed by atoms with Gasteiger partial charge in [-0.3, -0.25) is 15.0 Å². The van der Waals surface area contributed by atoms with E-state index in [-0.39, 0.29) is 12.3 Å². The van der Waals surface area contributed by atoms with Gasteiger partial charge in [0, 0.05) is 11.6 Å². The minimum absolute atomic E-state index is 0.0462. The van der Waals surface area contributed by atoms with Crippen LogP contribution in [0.1, 0.15) is 24.5 Å². The van der Waals surface area contributed by atoms with E-state index in [0.717, 1.165) is 16.1 Å². The third kappa shape index (κ3) is 3.48. The summed E-state index contributed by atoms with van der Waals surface area (Å²) in [5.41, 5.74) is 6.04. The molecule has 0 aliphatic carbocycles. The first-order chi connectivity index (χ1) is 12.8. The van der Waals surface area contributed by atoms with Crippen molar-refractivity contribution in [1.82, 2.24) is 10.9 Å². The Labute approximate surface area is 167 Å². The summed E-state index contributed by atoms with van der Waals surface area (Å²) >= 11 is 7.50. The third-order valence-electron chi connectivity index (χ3n) is 5.20. The molecule has 8 heteroatoms. The van der Waals surface area contributed by atoms with Gasteiger partial charge in [0.1, 0.15) is 5.41 Å². The molecule has 0 radical (unpaired) electrons. The van der Waals surface area contributed by atoms with Crippen molar-refractivity contribution in [2.75, 3.05) is 19.0 Å². The number of hydrogen-bond acceptors (Lipinski definition) is 6. The molecule has 2 heterocycles. The molecular weight excluding hydrogens is 386 g/mol. The van der Waals surface area contributed by atoms with Gasteiger partial charge in [0.05, 0.1) is 24.1 Å². The van der Waals surface area contributed by atoms with Gasteiger partial charge in [-0.25, -0.2) is 5.43 Å².